The lowest BCUT2D eigenvalue weighted by molar-refractivity contribution is -0.138. The molecule has 20 heavy (non-hydrogen) atoms. The van der Waals surface area contributed by atoms with Crippen molar-refractivity contribution in [3.63, 3.8) is 0 Å². The zero-order chi connectivity index (χ0) is 15.0. The Labute approximate surface area is 120 Å². The molecule has 4 nitrogen and oxygen atoms in total. The number of nitrogens with one attached hydrogen (secondary N) is 1. The van der Waals surface area contributed by atoms with Crippen LogP contribution >= 0.6 is 0 Å². The summed E-state index contributed by atoms with van der Waals surface area (Å²) in [6, 6.07) is 9.76. The first kappa shape index (κ1) is 15.8. The quantitative estimate of drug-likeness (QED) is 0.488. The van der Waals surface area contributed by atoms with Gasteiger partial charge in [0.2, 0.25) is 0 Å². The van der Waals surface area contributed by atoms with Gasteiger partial charge in [-0.3, -0.25) is 0 Å². The van der Waals surface area contributed by atoms with Crippen molar-refractivity contribution < 1.29 is 9.53 Å². The number of rotatable bonds is 6. The molecule has 106 valence electrons. The van der Waals surface area contributed by atoms with Gasteiger partial charge < -0.3 is 10.1 Å². The molecule has 1 aromatic carbocycles. The lowest BCUT2D eigenvalue weighted by atomic mass is 9.99. The smallest absolute Gasteiger partial charge is 0.350 e. The van der Waals surface area contributed by atoms with Crippen molar-refractivity contribution >= 4 is 11.7 Å². The van der Waals surface area contributed by atoms with Crippen molar-refractivity contribution in [1.29, 1.82) is 5.26 Å². The topological polar surface area (TPSA) is 62.1 Å². The molecule has 0 saturated heterocycles. The third kappa shape index (κ3) is 4.43. The van der Waals surface area contributed by atoms with Crippen LogP contribution in [0.2, 0.25) is 0 Å². The van der Waals surface area contributed by atoms with Gasteiger partial charge in [-0.25, -0.2) is 4.79 Å². The third-order valence-corrected chi connectivity index (χ3v) is 3.09. The molecule has 0 amide bonds. The molecular formula is C16H20N2O2. The van der Waals surface area contributed by atoms with Gasteiger partial charge >= 0.3 is 5.97 Å². The summed E-state index contributed by atoms with van der Waals surface area (Å²) in [5, 5.41) is 11.8. The maximum absolute atomic E-state index is 11.4. The van der Waals surface area contributed by atoms with Crippen molar-refractivity contribution in [2.75, 3.05) is 11.9 Å². The number of carbonyl (C=O) groups excluding carboxylic acids is 1. The SMILES string of the molecule is CCOC(=O)/C(C#N)=C/Nc1ccc([C@H](C)CC)cc1. The fourth-order valence-corrected chi connectivity index (χ4v) is 1.64. The maximum Gasteiger partial charge on any atom is 0.350 e. The Morgan fingerprint density at radius 1 is 1.40 bits per heavy atom. The molecule has 0 spiro atoms. The Morgan fingerprint density at radius 3 is 2.55 bits per heavy atom. The first-order chi connectivity index (χ1) is 9.62. The highest BCUT2D eigenvalue weighted by Gasteiger charge is 2.09. The third-order valence-electron chi connectivity index (χ3n) is 3.09. The molecule has 0 radical (unpaired) electrons. The van der Waals surface area contributed by atoms with Crippen LogP contribution in [0.3, 0.4) is 0 Å². The van der Waals surface area contributed by atoms with Gasteiger partial charge in [0.25, 0.3) is 0 Å². The standard InChI is InChI=1S/C16H20N2O2/c1-4-12(3)13-6-8-15(9-7-13)18-11-14(10-17)16(19)20-5-2/h6-9,11-12,18H,4-5H2,1-3H3/b14-11+/t12-/m1/s1. The Bertz CT molecular complexity index is 512. The van der Waals surface area contributed by atoms with Crippen molar-refractivity contribution in [2.45, 2.75) is 33.1 Å². The van der Waals surface area contributed by atoms with Crippen LogP contribution < -0.4 is 5.32 Å². The van der Waals surface area contributed by atoms with E-state index in [1.54, 1.807) is 6.92 Å². The highest BCUT2D eigenvalue weighted by Crippen LogP contribution is 2.20. The number of hydrogen-bond acceptors (Lipinski definition) is 4. The van der Waals surface area contributed by atoms with E-state index in [9.17, 15) is 4.79 Å². The predicted molar refractivity (Wildman–Crippen MR) is 79.1 cm³/mol. The van der Waals surface area contributed by atoms with E-state index in [1.807, 2.05) is 30.3 Å². The molecule has 0 heterocycles. The molecule has 1 atom stereocenters. The van der Waals surface area contributed by atoms with Crippen LogP contribution in [-0.4, -0.2) is 12.6 Å². The van der Waals surface area contributed by atoms with Crippen molar-refractivity contribution in [3.8, 4) is 6.07 Å². The molecule has 1 N–H and O–H groups in total. The molecule has 0 fully saturated rings. The van der Waals surface area contributed by atoms with E-state index in [0.717, 1.165) is 12.1 Å². The summed E-state index contributed by atoms with van der Waals surface area (Å²) in [5.41, 5.74) is 2.06. The summed E-state index contributed by atoms with van der Waals surface area (Å²) in [6.07, 6.45) is 2.46. The predicted octanol–water partition coefficient (Wildman–Crippen LogP) is 3.58. The number of anilines is 1. The maximum atomic E-state index is 11.4. The minimum Gasteiger partial charge on any atom is -0.462 e. The fraction of sp³-hybridized carbons (Fsp3) is 0.375. The second-order valence-electron chi connectivity index (χ2n) is 4.47. The Hall–Kier alpha value is -2.28. The van der Waals surface area contributed by atoms with E-state index >= 15 is 0 Å². The molecule has 0 aliphatic carbocycles. The average Bonchev–Trinajstić information content (AvgIpc) is 2.48. The van der Waals surface area contributed by atoms with Crippen molar-refractivity contribution in [1.82, 2.24) is 0 Å². The lowest BCUT2D eigenvalue weighted by Crippen LogP contribution is -2.07. The van der Waals surface area contributed by atoms with E-state index < -0.39 is 5.97 Å². The highest BCUT2D eigenvalue weighted by atomic mass is 16.5. The van der Waals surface area contributed by atoms with Gasteiger partial charge in [-0.1, -0.05) is 26.0 Å². The zero-order valence-electron chi connectivity index (χ0n) is 12.1. The normalized spacial score (nSPS) is 12.4. The van der Waals surface area contributed by atoms with Gasteiger partial charge in [-0.2, -0.15) is 5.26 Å². The lowest BCUT2D eigenvalue weighted by Gasteiger charge is -2.09. The Morgan fingerprint density at radius 2 is 2.05 bits per heavy atom. The molecule has 0 aliphatic heterocycles. The average molecular weight is 272 g/mol. The Balaban J connectivity index is 2.73. The number of esters is 1. The molecule has 0 saturated carbocycles. The van der Waals surface area contributed by atoms with E-state index in [2.05, 4.69) is 19.2 Å². The number of benzene rings is 1. The molecule has 4 heteroatoms. The molecule has 0 aliphatic rings. The van der Waals surface area contributed by atoms with Crippen LogP contribution in [0.25, 0.3) is 0 Å². The minimum atomic E-state index is -0.612. The molecule has 1 rings (SSSR count). The zero-order valence-corrected chi connectivity index (χ0v) is 12.1. The van der Waals surface area contributed by atoms with E-state index in [4.69, 9.17) is 10.00 Å². The monoisotopic (exact) mass is 272 g/mol. The van der Waals surface area contributed by atoms with Gasteiger partial charge in [-0.05, 0) is 37.0 Å². The summed E-state index contributed by atoms with van der Waals surface area (Å²) in [4.78, 5) is 11.4. The van der Waals surface area contributed by atoms with Crippen LogP contribution in [0, 0.1) is 11.3 Å². The highest BCUT2D eigenvalue weighted by molar-refractivity contribution is 5.93. The summed E-state index contributed by atoms with van der Waals surface area (Å²) in [6.45, 7) is 6.28. The molecule has 0 aromatic heterocycles. The molecular weight excluding hydrogens is 252 g/mol. The van der Waals surface area contributed by atoms with Crippen molar-refractivity contribution in [2.24, 2.45) is 0 Å². The van der Waals surface area contributed by atoms with Gasteiger partial charge in [0.1, 0.15) is 6.07 Å². The molecule has 0 unspecified atom stereocenters. The van der Waals surface area contributed by atoms with Crippen molar-refractivity contribution in [3.05, 3.63) is 41.6 Å². The molecule has 0 bridgehead atoms. The van der Waals surface area contributed by atoms with Gasteiger partial charge in [-0.15, -0.1) is 0 Å². The second-order valence-corrected chi connectivity index (χ2v) is 4.47. The summed E-state index contributed by atoms with van der Waals surface area (Å²) >= 11 is 0. The summed E-state index contributed by atoms with van der Waals surface area (Å²) in [7, 11) is 0. The number of nitrogens with zero attached hydrogens (tertiary/aromatic N) is 1. The fourth-order valence-electron chi connectivity index (χ4n) is 1.64. The Kier molecular flexibility index (Phi) is 6.31. The van der Waals surface area contributed by atoms with E-state index in [1.165, 1.54) is 11.8 Å². The van der Waals surface area contributed by atoms with E-state index in [0.29, 0.717) is 5.92 Å². The number of hydrogen-bond donors (Lipinski definition) is 1. The number of nitriles is 1. The van der Waals surface area contributed by atoms with Crippen LogP contribution in [-0.2, 0) is 9.53 Å². The summed E-state index contributed by atoms with van der Waals surface area (Å²) < 4.78 is 4.78. The number of carbonyl (C=O) groups is 1. The number of ether oxygens (including phenoxy) is 1. The van der Waals surface area contributed by atoms with Crippen LogP contribution in [0.15, 0.2) is 36.0 Å². The minimum absolute atomic E-state index is 0.0437. The molecule has 1 aromatic rings. The van der Waals surface area contributed by atoms with E-state index in [-0.39, 0.29) is 12.2 Å². The van der Waals surface area contributed by atoms with Crippen LogP contribution in [0.4, 0.5) is 5.69 Å². The second kappa shape index (κ2) is 8.00. The van der Waals surface area contributed by atoms with Gasteiger partial charge in [0.15, 0.2) is 5.57 Å². The van der Waals surface area contributed by atoms with Crippen LogP contribution in [0.1, 0.15) is 38.7 Å². The largest absolute Gasteiger partial charge is 0.462 e. The van der Waals surface area contributed by atoms with Gasteiger partial charge in [0.05, 0.1) is 6.61 Å². The summed E-state index contributed by atoms with van der Waals surface area (Å²) in [5.74, 6) is -0.0903. The van der Waals surface area contributed by atoms with Gasteiger partial charge in [0, 0.05) is 11.9 Å². The van der Waals surface area contributed by atoms with Crippen LogP contribution in [0.5, 0.6) is 0 Å². The first-order valence-electron chi connectivity index (χ1n) is 6.76. The first-order valence-corrected chi connectivity index (χ1v) is 6.76.